The van der Waals surface area contributed by atoms with Crippen LogP contribution in [-0.4, -0.2) is 10.1 Å². The zero-order valence-corrected chi connectivity index (χ0v) is 7.04. The van der Waals surface area contributed by atoms with Crippen LogP contribution in [0.25, 0.3) is 0 Å². The molecule has 3 heteroatoms. The second-order valence-electron chi connectivity index (χ2n) is 2.29. The largest absolute Gasteiger partial charge is 0.387 e. The summed E-state index contributed by atoms with van der Waals surface area (Å²) in [5.74, 6) is 0. The lowest BCUT2D eigenvalue weighted by Crippen LogP contribution is -1.98. The zero-order chi connectivity index (χ0) is 8.27. The van der Waals surface area contributed by atoms with Gasteiger partial charge in [-0.25, -0.2) is 0 Å². The van der Waals surface area contributed by atoms with Gasteiger partial charge in [0.25, 0.3) is 0 Å². The molecule has 0 saturated heterocycles. The second-order valence-corrected chi connectivity index (χ2v) is 2.70. The van der Waals surface area contributed by atoms with E-state index >= 15 is 0 Å². The molecular weight excluding hydrogens is 162 g/mol. The van der Waals surface area contributed by atoms with E-state index in [1.165, 1.54) is 0 Å². The third-order valence-electron chi connectivity index (χ3n) is 1.49. The Labute approximate surface area is 70.8 Å². The molecule has 0 aromatic carbocycles. The van der Waals surface area contributed by atoms with E-state index in [0.29, 0.717) is 17.1 Å². The van der Waals surface area contributed by atoms with Crippen LogP contribution in [-0.2, 0) is 0 Å². The molecule has 11 heavy (non-hydrogen) atoms. The molecule has 0 spiro atoms. The first-order chi connectivity index (χ1) is 5.25. The minimum atomic E-state index is -0.538. The maximum Gasteiger partial charge on any atom is 0.0972 e. The summed E-state index contributed by atoms with van der Waals surface area (Å²) in [5, 5.41) is 9.89. The van der Waals surface area contributed by atoms with Crippen molar-refractivity contribution in [1.82, 2.24) is 4.98 Å². The molecule has 1 atom stereocenters. The van der Waals surface area contributed by atoms with Gasteiger partial charge in [-0.15, -0.1) is 0 Å². The maximum absolute atomic E-state index is 9.36. The molecule has 0 amide bonds. The number of halogens is 1. The smallest absolute Gasteiger partial charge is 0.0972 e. The van der Waals surface area contributed by atoms with E-state index in [2.05, 4.69) is 4.98 Å². The zero-order valence-electron chi connectivity index (χ0n) is 6.29. The summed E-state index contributed by atoms with van der Waals surface area (Å²) in [4.78, 5) is 3.97. The molecule has 0 saturated carbocycles. The Bertz CT molecular complexity index is 239. The fraction of sp³-hybridized carbons (Fsp3) is 0.375. The Kier molecular flexibility index (Phi) is 2.85. The fourth-order valence-corrected chi connectivity index (χ4v) is 1.08. The normalized spacial score (nSPS) is 13.0. The molecular formula is C8H10ClNO. The van der Waals surface area contributed by atoms with E-state index in [4.69, 9.17) is 11.6 Å². The highest BCUT2D eigenvalue weighted by atomic mass is 35.5. The number of pyridine rings is 1. The van der Waals surface area contributed by atoms with Gasteiger partial charge in [0.15, 0.2) is 0 Å². The lowest BCUT2D eigenvalue weighted by atomic mass is 10.2. The monoisotopic (exact) mass is 171 g/mol. The van der Waals surface area contributed by atoms with E-state index in [1.807, 2.05) is 6.92 Å². The predicted octanol–water partition coefficient (Wildman–Crippen LogP) is 2.18. The van der Waals surface area contributed by atoms with Gasteiger partial charge in [-0.3, -0.25) is 4.98 Å². The van der Waals surface area contributed by atoms with Crippen molar-refractivity contribution in [2.45, 2.75) is 19.4 Å². The van der Waals surface area contributed by atoms with Crippen LogP contribution < -0.4 is 0 Å². The van der Waals surface area contributed by atoms with E-state index < -0.39 is 6.10 Å². The molecule has 0 aliphatic rings. The number of aromatic nitrogens is 1. The summed E-state index contributed by atoms with van der Waals surface area (Å²) in [7, 11) is 0. The Morgan fingerprint density at radius 2 is 2.45 bits per heavy atom. The third kappa shape index (κ3) is 1.91. The highest BCUT2D eigenvalue weighted by Gasteiger charge is 2.08. The highest BCUT2D eigenvalue weighted by Crippen LogP contribution is 2.21. The van der Waals surface area contributed by atoms with Gasteiger partial charge >= 0.3 is 0 Å². The van der Waals surface area contributed by atoms with Crippen LogP contribution in [0.2, 0.25) is 5.02 Å². The quantitative estimate of drug-likeness (QED) is 0.740. The van der Waals surface area contributed by atoms with Gasteiger partial charge in [0.1, 0.15) is 0 Å². The van der Waals surface area contributed by atoms with Crippen LogP contribution in [0.4, 0.5) is 0 Å². The summed E-state index contributed by atoms with van der Waals surface area (Å²) < 4.78 is 0. The molecule has 0 aliphatic heterocycles. The first kappa shape index (κ1) is 8.50. The molecule has 1 N–H and O–H groups in total. The average molecular weight is 172 g/mol. The van der Waals surface area contributed by atoms with E-state index in [1.54, 1.807) is 18.3 Å². The van der Waals surface area contributed by atoms with Crippen molar-refractivity contribution in [3.05, 3.63) is 29.0 Å². The van der Waals surface area contributed by atoms with Crippen LogP contribution >= 0.6 is 11.6 Å². The van der Waals surface area contributed by atoms with Crippen molar-refractivity contribution in [1.29, 1.82) is 0 Å². The molecule has 0 radical (unpaired) electrons. The van der Waals surface area contributed by atoms with Gasteiger partial charge in [0.05, 0.1) is 16.8 Å². The number of hydrogen-bond acceptors (Lipinski definition) is 2. The van der Waals surface area contributed by atoms with Gasteiger partial charge < -0.3 is 5.11 Å². The third-order valence-corrected chi connectivity index (χ3v) is 1.81. The molecule has 0 aliphatic carbocycles. The average Bonchev–Trinajstić information content (AvgIpc) is 2.04. The van der Waals surface area contributed by atoms with Crippen molar-refractivity contribution < 1.29 is 5.11 Å². The van der Waals surface area contributed by atoms with Crippen molar-refractivity contribution in [2.24, 2.45) is 0 Å². The molecule has 60 valence electrons. The van der Waals surface area contributed by atoms with Gasteiger partial charge in [0.2, 0.25) is 0 Å². The lowest BCUT2D eigenvalue weighted by molar-refractivity contribution is 0.169. The number of nitrogens with zero attached hydrogens (tertiary/aromatic N) is 1. The topological polar surface area (TPSA) is 33.1 Å². The summed E-state index contributed by atoms with van der Waals surface area (Å²) in [6.07, 6.45) is 1.72. The van der Waals surface area contributed by atoms with Gasteiger partial charge in [-0.05, 0) is 18.6 Å². The predicted molar refractivity (Wildman–Crippen MR) is 44.5 cm³/mol. The van der Waals surface area contributed by atoms with Crippen LogP contribution in [0.3, 0.4) is 0 Å². The molecule has 1 heterocycles. The number of hydrogen-bond donors (Lipinski definition) is 1. The number of aliphatic hydroxyl groups is 1. The van der Waals surface area contributed by atoms with Crippen molar-refractivity contribution in [3.8, 4) is 0 Å². The standard InChI is InChI=1S/C8H10ClNO/c1-2-7(11)8-6(9)4-3-5-10-8/h3-5,7,11H,2H2,1H3/t7-/m0/s1. The molecule has 0 bridgehead atoms. The Morgan fingerprint density at radius 1 is 1.73 bits per heavy atom. The molecule has 1 rings (SSSR count). The number of aliphatic hydroxyl groups excluding tert-OH is 1. The molecule has 2 nitrogen and oxygen atoms in total. The first-order valence-corrected chi connectivity index (χ1v) is 3.92. The van der Waals surface area contributed by atoms with Gasteiger partial charge in [-0.1, -0.05) is 18.5 Å². The maximum atomic E-state index is 9.36. The van der Waals surface area contributed by atoms with Crippen LogP contribution in [0.15, 0.2) is 18.3 Å². The Morgan fingerprint density at radius 3 is 3.00 bits per heavy atom. The first-order valence-electron chi connectivity index (χ1n) is 3.54. The van der Waals surface area contributed by atoms with Crippen molar-refractivity contribution in [2.75, 3.05) is 0 Å². The molecule has 0 fully saturated rings. The molecule has 1 aromatic rings. The molecule has 0 unspecified atom stereocenters. The number of rotatable bonds is 2. The van der Waals surface area contributed by atoms with Crippen molar-refractivity contribution in [3.63, 3.8) is 0 Å². The minimum absolute atomic E-state index is 0.529. The Hall–Kier alpha value is -0.600. The molecule has 1 aromatic heterocycles. The van der Waals surface area contributed by atoms with E-state index in [0.717, 1.165) is 0 Å². The fourth-order valence-electron chi connectivity index (χ4n) is 0.836. The van der Waals surface area contributed by atoms with Gasteiger partial charge in [-0.2, -0.15) is 0 Å². The second kappa shape index (κ2) is 3.69. The van der Waals surface area contributed by atoms with E-state index in [-0.39, 0.29) is 0 Å². The summed E-state index contributed by atoms with van der Waals surface area (Å²) in [6.45, 7) is 1.88. The Balaban J connectivity index is 2.93. The van der Waals surface area contributed by atoms with Crippen LogP contribution in [0.1, 0.15) is 25.1 Å². The summed E-state index contributed by atoms with van der Waals surface area (Å²) >= 11 is 5.78. The summed E-state index contributed by atoms with van der Waals surface area (Å²) in [6, 6.07) is 3.47. The van der Waals surface area contributed by atoms with Crippen LogP contribution in [0, 0.1) is 0 Å². The minimum Gasteiger partial charge on any atom is -0.387 e. The van der Waals surface area contributed by atoms with E-state index in [9.17, 15) is 5.11 Å². The highest BCUT2D eigenvalue weighted by molar-refractivity contribution is 6.31. The lowest BCUT2D eigenvalue weighted by Gasteiger charge is -2.07. The van der Waals surface area contributed by atoms with Gasteiger partial charge in [0, 0.05) is 6.20 Å². The van der Waals surface area contributed by atoms with Crippen LogP contribution in [0.5, 0.6) is 0 Å². The summed E-state index contributed by atoms with van der Waals surface area (Å²) in [5.41, 5.74) is 0.566. The SMILES string of the molecule is CC[C@H](O)c1ncccc1Cl. The van der Waals surface area contributed by atoms with Crippen molar-refractivity contribution >= 4 is 11.6 Å².